The number of carbonyl (C=O) groups is 3. The van der Waals surface area contributed by atoms with Gasteiger partial charge in [-0.15, -0.1) is 0 Å². The Balaban J connectivity index is 0.000000215. The Morgan fingerprint density at radius 3 is 1.27 bits per heavy atom. The molecule has 4 N–H and O–H groups in total. The largest absolute Gasteiger partial charge is 0.469 e. The Hall–Kier alpha value is -5.69. The fourth-order valence-electron chi connectivity index (χ4n) is 7.99. The van der Waals surface area contributed by atoms with Crippen molar-refractivity contribution in [3.63, 3.8) is 0 Å². The lowest BCUT2D eigenvalue weighted by Gasteiger charge is -2.38. The molecule has 18 nitrogen and oxygen atoms in total. The van der Waals surface area contributed by atoms with Gasteiger partial charge in [-0.1, -0.05) is 7.43 Å². The number of hydrogen-bond donors (Lipinski definition) is 4. The van der Waals surface area contributed by atoms with Crippen LogP contribution in [0, 0.1) is 0 Å². The smallest absolute Gasteiger partial charge is 0.302 e. The van der Waals surface area contributed by atoms with Gasteiger partial charge in [0.25, 0.3) is 0 Å². The van der Waals surface area contributed by atoms with Crippen LogP contribution in [-0.2, 0) is 39.8 Å². The highest BCUT2D eigenvalue weighted by molar-refractivity contribution is 6.02. The lowest BCUT2D eigenvalue weighted by molar-refractivity contribution is -0.138. The van der Waals surface area contributed by atoms with Gasteiger partial charge in [-0.2, -0.15) is 0 Å². The second-order valence-corrected chi connectivity index (χ2v) is 17.1. The maximum Gasteiger partial charge on any atom is 0.302 e. The number of nitrogens with one attached hydrogen (secondary N) is 2. The van der Waals surface area contributed by atoms with Gasteiger partial charge >= 0.3 is 5.97 Å². The number of amides is 2. The Labute approximate surface area is 375 Å². The molecule has 0 radical (unpaired) electrons. The van der Waals surface area contributed by atoms with Crippen LogP contribution >= 0.6 is 0 Å². The highest BCUT2D eigenvalue weighted by atomic mass is 16.5. The maximum absolute atomic E-state index is 12.7. The van der Waals surface area contributed by atoms with Gasteiger partial charge in [-0.25, -0.2) is 19.9 Å². The molecule has 8 rings (SSSR count). The number of ether oxygens (including phenoxy) is 3. The van der Waals surface area contributed by atoms with E-state index in [1.54, 1.807) is 78.8 Å². The zero-order chi connectivity index (χ0) is 45.5. The third-order valence-corrected chi connectivity index (χ3v) is 11.7. The minimum absolute atomic E-state index is 0. The molecule has 2 amide bonds. The van der Waals surface area contributed by atoms with E-state index in [4.69, 9.17) is 19.4 Å². The minimum Gasteiger partial charge on any atom is -0.469 e. The second kappa shape index (κ2) is 21.3. The van der Waals surface area contributed by atoms with Gasteiger partial charge in [-0.3, -0.25) is 34.2 Å². The number of pyridine rings is 2. The molecule has 4 aromatic heterocycles. The van der Waals surface area contributed by atoms with Gasteiger partial charge in [0.05, 0.1) is 67.6 Å². The minimum atomic E-state index is -1.01. The zero-order valence-electron chi connectivity index (χ0n) is 37.4. The average molecular weight is 885 g/mol. The van der Waals surface area contributed by atoms with Crippen LogP contribution in [-0.4, -0.2) is 117 Å². The molecule has 346 valence electrons. The molecule has 6 heterocycles. The highest BCUT2D eigenvalue weighted by Crippen LogP contribution is 2.36. The monoisotopic (exact) mass is 884 g/mol. The Bertz CT molecular complexity index is 2050. The Kier molecular flexibility index (Phi) is 16.4. The number of carbonyl (C=O) groups excluding carboxylic acids is 3. The first-order valence-corrected chi connectivity index (χ1v) is 21.3. The van der Waals surface area contributed by atoms with Gasteiger partial charge in [0.1, 0.15) is 11.2 Å². The van der Waals surface area contributed by atoms with Crippen LogP contribution in [0.15, 0.2) is 49.1 Å². The van der Waals surface area contributed by atoms with Crippen molar-refractivity contribution in [3.8, 4) is 22.5 Å². The fourth-order valence-corrected chi connectivity index (χ4v) is 7.99. The van der Waals surface area contributed by atoms with Crippen molar-refractivity contribution in [1.82, 2.24) is 29.9 Å². The number of nitrogens with zero attached hydrogens (tertiary/aromatic N) is 8. The van der Waals surface area contributed by atoms with Crippen LogP contribution in [0.3, 0.4) is 0 Å². The van der Waals surface area contributed by atoms with E-state index >= 15 is 0 Å². The molecule has 4 aliphatic rings. The van der Waals surface area contributed by atoms with E-state index in [1.165, 1.54) is 14.0 Å². The zero-order valence-corrected chi connectivity index (χ0v) is 37.4. The SMILES string of the molecule is C.COC(C)=O.COC1CCC(N2C(=O)CNc3ncc(-c4ccc(C(C)(C)O)nc4)nc32)CC1.COC1CCC(N2C(=O)CNc3ncc(-c4ccc(C(C)(C)O)nc4)nc32)CC1. The van der Waals surface area contributed by atoms with Gasteiger partial charge in [0, 0.05) is 56.7 Å². The number of esters is 1. The predicted molar refractivity (Wildman–Crippen MR) is 243 cm³/mol. The molecule has 0 unspecified atom stereocenters. The summed E-state index contributed by atoms with van der Waals surface area (Å²) in [5.41, 5.74) is 2.02. The summed E-state index contributed by atoms with van der Waals surface area (Å²) in [7, 11) is 4.83. The number of rotatable bonds is 8. The van der Waals surface area contributed by atoms with Crippen molar-refractivity contribution in [1.29, 1.82) is 0 Å². The quantitative estimate of drug-likeness (QED) is 0.154. The molecule has 0 bridgehead atoms. The molecule has 18 heteroatoms. The van der Waals surface area contributed by atoms with E-state index in [0.717, 1.165) is 62.5 Å². The van der Waals surface area contributed by atoms with Crippen LogP contribution in [0.5, 0.6) is 0 Å². The van der Waals surface area contributed by atoms with E-state index < -0.39 is 11.2 Å². The lowest BCUT2D eigenvalue weighted by Crippen LogP contribution is -2.49. The summed E-state index contributed by atoms with van der Waals surface area (Å²) >= 11 is 0. The molecule has 2 fully saturated rings. The van der Waals surface area contributed by atoms with E-state index in [9.17, 15) is 24.6 Å². The molecule has 0 atom stereocenters. The lowest BCUT2D eigenvalue weighted by atomic mass is 9.91. The first-order valence-electron chi connectivity index (χ1n) is 21.3. The predicted octanol–water partition coefficient (Wildman–Crippen LogP) is 5.78. The first kappa shape index (κ1) is 49.3. The van der Waals surface area contributed by atoms with Crippen molar-refractivity contribution in [2.24, 2.45) is 0 Å². The number of aliphatic hydroxyl groups is 2. The van der Waals surface area contributed by atoms with Gasteiger partial charge in [0.2, 0.25) is 11.8 Å². The van der Waals surface area contributed by atoms with Crippen molar-refractivity contribution >= 4 is 41.1 Å². The van der Waals surface area contributed by atoms with Crippen LogP contribution in [0.2, 0.25) is 0 Å². The molecule has 0 saturated heterocycles. The summed E-state index contributed by atoms with van der Waals surface area (Å²) in [5, 5.41) is 26.3. The Morgan fingerprint density at radius 1 is 0.625 bits per heavy atom. The van der Waals surface area contributed by atoms with Crippen LogP contribution in [0.4, 0.5) is 23.3 Å². The van der Waals surface area contributed by atoms with Crippen molar-refractivity contribution in [3.05, 3.63) is 60.4 Å². The van der Waals surface area contributed by atoms with Gasteiger partial charge in [0.15, 0.2) is 23.3 Å². The van der Waals surface area contributed by atoms with Crippen LogP contribution < -0.4 is 20.4 Å². The van der Waals surface area contributed by atoms with Crippen LogP contribution in [0.1, 0.15) is 105 Å². The van der Waals surface area contributed by atoms with Crippen LogP contribution in [0.25, 0.3) is 22.5 Å². The number of aromatic nitrogens is 6. The summed E-state index contributed by atoms with van der Waals surface area (Å²) in [6.07, 6.45) is 14.5. The summed E-state index contributed by atoms with van der Waals surface area (Å²) in [6.45, 7) is 8.60. The highest BCUT2D eigenvalue weighted by Gasteiger charge is 2.37. The second-order valence-electron chi connectivity index (χ2n) is 17.1. The van der Waals surface area contributed by atoms with Crippen molar-refractivity contribution in [2.45, 2.75) is 129 Å². The number of hydrogen-bond acceptors (Lipinski definition) is 16. The standard InChI is InChI=1S/2C21H27N5O3.C3H6O2.CH4/c2*1-21(2,28)17-9-4-13(10-22-17)16-11-23-19-20(25-16)26(18(27)12-24-19)14-5-7-15(29-3)8-6-14;1-3(4)5-2;/h2*4,9-11,14-15,28H,5-8,12H2,1-3H3,(H,23,24);1-2H3;1H4. The third-order valence-electron chi connectivity index (χ3n) is 11.7. The molecule has 0 spiro atoms. The average Bonchev–Trinajstić information content (AvgIpc) is 3.28. The molecule has 0 aromatic carbocycles. The number of methoxy groups -OCH3 is 3. The summed E-state index contributed by atoms with van der Waals surface area (Å²) in [6, 6.07) is 7.50. The molecule has 2 saturated carbocycles. The summed E-state index contributed by atoms with van der Waals surface area (Å²) < 4.78 is 15.0. The van der Waals surface area contributed by atoms with E-state index in [2.05, 4.69) is 35.3 Å². The maximum atomic E-state index is 12.7. The van der Waals surface area contributed by atoms with Gasteiger partial charge < -0.3 is 35.1 Å². The summed E-state index contributed by atoms with van der Waals surface area (Å²) in [4.78, 5) is 65.9. The molecular weight excluding hydrogens is 821 g/mol. The van der Waals surface area contributed by atoms with E-state index in [0.29, 0.717) is 46.0 Å². The normalized spacial score (nSPS) is 20.7. The molecule has 4 aromatic rings. The molecular formula is C46H64N10O8. The molecule has 2 aliphatic carbocycles. The van der Waals surface area contributed by atoms with Gasteiger partial charge in [-0.05, 0) is 103 Å². The topological polar surface area (TPSA) is 227 Å². The number of anilines is 4. The van der Waals surface area contributed by atoms with E-state index in [-0.39, 0.29) is 62.6 Å². The third kappa shape index (κ3) is 11.9. The molecule has 64 heavy (non-hydrogen) atoms. The number of fused-ring (bicyclic) bond motifs is 2. The van der Waals surface area contributed by atoms with Crippen molar-refractivity contribution < 1.29 is 38.8 Å². The Morgan fingerprint density at radius 2 is 0.984 bits per heavy atom. The fraction of sp³-hybridized carbons (Fsp3) is 0.543. The summed E-state index contributed by atoms with van der Waals surface area (Å²) in [5.74, 6) is 2.19. The van der Waals surface area contributed by atoms with Crippen molar-refractivity contribution in [2.75, 3.05) is 54.9 Å². The molecule has 2 aliphatic heterocycles. The first-order chi connectivity index (χ1) is 30.0. The van der Waals surface area contributed by atoms with E-state index in [1.807, 2.05) is 21.9 Å².